The zero-order valence-electron chi connectivity index (χ0n) is 38.2. The third-order valence-corrected chi connectivity index (χ3v) is 5.02. The molecule has 0 amide bonds. The van der Waals surface area contributed by atoms with E-state index < -0.39 is 96.5 Å². The van der Waals surface area contributed by atoms with E-state index in [-0.39, 0.29) is 17.1 Å². The summed E-state index contributed by atoms with van der Waals surface area (Å²) >= 11 is 0.726. The molecule has 4 nitrogen and oxygen atoms in total. The van der Waals surface area contributed by atoms with Crippen LogP contribution in [0.25, 0.3) is 10.8 Å². The predicted octanol–water partition coefficient (Wildman–Crippen LogP) is 6.02. The quantitative estimate of drug-likeness (QED) is 0.254. The monoisotopic (exact) mass is 490 g/mol. The Morgan fingerprint density at radius 1 is 1.00 bits per heavy atom. The Hall–Kier alpha value is -2.22. The van der Waals surface area contributed by atoms with Crippen molar-refractivity contribution < 1.29 is 40.0 Å². The number of ether oxygens (including phenoxy) is 1. The molecular weight excluding hydrogens is 436 g/mol. The van der Waals surface area contributed by atoms with Crippen molar-refractivity contribution in [2.75, 3.05) is 26.9 Å². The Kier molecular flexibility index (Phi) is 3.56. The molecule has 32 heavy (non-hydrogen) atoms. The molecule has 4 rings (SSSR count). The maximum atomic E-state index is 10.1. The van der Waals surface area contributed by atoms with Crippen molar-refractivity contribution in [3.05, 3.63) is 87.1 Å². The lowest BCUT2D eigenvalue weighted by atomic mass is 10.1. The first-order chi connectivity index (χ1) is 24.2. The molecule has 170 valence electrons. The van der Waals surface area contributed by atoms with Gasteiger partial charge < -0.3 is 20.5 Å². The molecule has 0 radical (unpaired) electrons. The van der Waals surface area contributed by atoms with Gasteiger partial charge in [0.25, 0.3) is 0 Å². The van der Waals surface area contributed by atoms with Gasteiger partial charge >= 0.3 is 0 Å². The third-order valence-electron chi connectivity index (χ3n) is 3.63. The number of hydrogen-bond donors (Lipinski definition) is 3. The fraction of sp³-hybridized carbons (Fsp3) is 0.308. The molecule has 0 fully saturated rings. The van der Waals surface area contributed by atoms with Gasteiger partial charge in [0, 0.05) is 40.7 Å². The molecule has 0 saturated carbocycles. The fourth-order valence-corrected chi connectivity index (χ4v) is 3.28. The summed E-state index contributed by atoms with van der Waals surface area (Å²) in [6, 6.07) is 9.00. The molecule has 2 aromatic carbocycles. The van der Waals surface area contributed by atoms with Gasteiger partial charge in [-0.05, 0) is 67.6 Å². The molecule has 3 N–H and O–H groups in total. The summed E-state index contributed by atoms with van der Waals surface area (Å²) in [5.41, 5.74) is 0. The van der Waals surface area contributed by atoms with E-state index in [1.165, 1.54) is 11.4 Å². The van der Waals surface area contributed by atoms with Crippen LogP contribution in [-0.4, -0.2) is 32.1 Å². The average Bonchev–Trinajstić information content (AvgIpc) is 3.43. The van der Waals surface area contributed by atoms with Gasteiger partial charge in [0.1, 0.15) is 11.8 Å². The van der Waals surface area contributed by atoms with E-state index in [2.05, 4.69) is 0 Å². The molecule has 2 atom stereocenters. The highest BCUT2D eigenvalue weighted by Crippen LogP contribution is 2.32. The van der Waals surface area contributed by atoms with Gasteiger partial charge in [-0.15, -0.1) is 22.7 Å². The van der Waals surface area contributed by atoms with Crippen LogP contribution in [0.15, 0.2) is 77.3 Å². The molecule has 0 spiro atoms. The molecule has 2 unspecified atom stereocenters. The number of rotatable bonds is 10. The SMILES string of the molecule is [2H]c1sc(C([2H])(O)C([2H])([2H])C([2H])([2H])NC([2H])([2H])[2H])c([2H])c1[2H].[2H]c1sc(C([2H])(Oc2cccc3ccccc23)C([2H])([2H])C([2H])([2H])NC([2H])([2H])[2H])c([2H])c1[2H]. The predicted molar refractivity (Wildman–Crippen MR) is 138 cm³/mol. The molecular formula is C26H32N2O2S2. The molecule has 4 aromatic rings. The van der Waals surface area contributed by atoms with E-state index in [1.54, 1.807) is 41.7 Å². The van der Waals surface area contributed by atoms with Gasteiger partial charge in [0.15, 0.2) is 0 Å². The molecule has 0 aliphatic carbocycles. The lowest BCUT2D eigenvalue weighted by Crippen LogP contribution is -2.15. The van der Waals surface area contributed by atoms with Gasteiger partial charge in [0.05, 0.1) is 17.0 Å². The van der Waals surface area contributed by atoms with Crippen molar-refractivity contribution in [1.29, 1.82) is 0 Å². The lowest BCUT2D eigenvalue weighted by Gasteiger charge is -2.19. The Labute approximate surface area is 229 Å². The number of hydrogen-bond acceptors (Lipinski definition) is 6. The first-order valence-electron chi connectivity index (χ1n) is 19.8. The number of thiophene rings is 2. The smallest absolute Gasteiger partial charge is 0.134 e. The van der Waals surface area contributed by atoms with E-state index in [0.717, 1.165) is 0 Å². The average molecular weight is 491 g/mol. The highest BCUT2D eigenvalue weighted by atomic mass is 32.1. The summed E-state index contributed by atoms with van der Waals surface area (Å²) in [6.45, 7) is -12.8. The van der Waals surface area contributed by atoms with E-state index >= 15 is 0 Å². The second-order valence-corrected chi connectivity index (χ2v) is 7.21. The summed E-state index contributed by atoms with van der Waals surface area (Å²) in [5, 5.41) is 13.3. The number of fused-ring (bicyclic) bond motifs is 1. The minimum absolute atomic E-state index is 0.00230. The van der Waals surface area contributed by atoms with Crippen molar-refractivity contribution in [2.45, 2.75) is 24.9 Å². The number of nitrogens with one attached hydrogen (secondary N) is 2. The van der Waals surface area contributed by atoms with Crippen molar-refractivity contribution in [3.63, 3.8) is 0 Å². The number of benzene rings is 2. The van der Waals surface area contributed by atoms with E-state index in [4.69, 9.17) is 34.9 Å². The first-order valence-corrected chi connectivity index (χ1v) is 10.4. The summed E-state index contributed by atoms with van der Waals surface area (Å²) in [4.78, 5) is -1.27. The highest BCUT2D eigenvalue weighted by molar-refractivity contribution is 7.10. The van der Waals surface area contributed by atoms with Crippen molar-refractivity contribution >= 4 is 33.4 Å². The van der Waals surface area contributed by atoms with Gasteiger partial charge in [-0.2, -0.15) is 0 Å². The minimum Gasteiger partial charge on any atom is -0.484 e. The van der Waals surface area contributed by atoms with Crippen molar-refractivity contribution in [2.24, 2.45) is 0 Å². The zero-order valence-corrected chi connectivity index (χ0v) is 17.8. The molecule has 0 bridgehead atoms. The lowest BCUT2D eigenvalue weighted by molar-refractivity contribution is 0.171. The Bertz CT molecular complexity index is 1970. The van der Waals surface area contributed by atoms with E-state index in [0.29, 0.717) is 22.1 Å². The summed E-state index contributed by atoms with van der Waals surface area (Å²) in [5.74, 6) is -0.00230. The molecule has 0 aliphatic heterocycles. The van der Waals surface area contributed by atoms with Gasteiger partial charge in [-0.3, -0.25) is 0 Å². The minimum atomic E-state index is -3.49. The van der Waals surface area contributed by atoms with Gasteiger partial charge in [-0.1, -0.05) is 48.5 Å². The van der Waals surface area contributed by atoms with Crippen LogP contribution in [0.2, 0.25) is 0 Å². The van der Waals surface area contributed by atoms with E-state index in [1.807, 2.05) is 0 Å². The maximum Gasteiger partial charge on any atom is 0.134 e. The van der Waals surface area contributed by atoms with Crippen LogP contribution < -0.4 is 15.4 Å². The molecule has 2 aromatic heterocycles. The van der Waals surface area contributed by atoms with Crippen LogP contribution in [-0.2, 0) is 0 Å². The molecule has 0 saturated heterocycles. The zero-order chi connectivity index (χ0) is 41.8. The maximum absolute atomic E-state index is 10.1. The normalized spacial score (nSPS) is 27.3. The molecule has 6 heteroatoms. The first kappa shape index (κ1) is 8.53. The standard InChI is InChI=1S/C18H19NOS.C8H13NOS/c1-19-12-11-17(18-10-5-13-21-18)20-16-9-4-7-14-6-2-3-8-15(14)16;1-9-5-4-7(10)8-3-2-6-11-8/h2-10,13,17,19H,11-12H2,1H3;2-3,6-7,9-10H,4-5H2,1H3/i1D3,5D,10D,11D2,12D2,13D,17D;1D3,2D,3D,4D2,5D2,6D,7D. The van der Waals surface area contributed by atoms with Crippen LogP contribution in [0.5, 0.6) is 5.75 Å². The van der Waals surface area contributed by atoms with Gasteiger partial charge in [-0.25, -0.2) is 0 Å². The van der Waals surface area contributed by atoms with Crippen LogP contribution in [0.3, 0.4) is 0 Å². The van der Waals surface area contributed by atoms with Crippen LogP contribution in [0, 0.1) is 0 Å². The molecule has 0 aliphatic rings. The Morgan fingerprint density at radius 3 is 2.41 bits per heavy atom. The topological polar surface area (TPSA) is 53.5 Å². The van der Waals surface area contributed by atoms with E-state index in [9.17, 15) is 5.11 Å². The summed E-state index contributed by atoms with van der Waals surface area (Å²) < 4.78 is 175. The Balaban J connectivity index is 0.000000313. The second kappa shape index (κ2) is 13.4. The van der Waals surface area contributed by atoms with Crippen molar-refractivity contribution in [1.82, 2.24) is 10.6 Å². The summed E-state index contributed by atoms with van der Waals surface area (Å²) in [7, 11) is 0. The molecule has 2 heterocycles. The number of aliphatic hydroxyl groups is 1. The van der Waals surface area contributed by atoms with Crippen LogP contribution in [0.1, 0.15) is 64.8 Å². The Morgan fingerprint density at radius 2 is 1.69 bits per heavy atom. The van der Waals surface area contributed by atoms with Crippen molar-refractivity contribution in [3.8, 4) is 5.75 Å². The van der Waals surface area contributed by atoms with Crippen LogP contribution >= 0.6 is 22.7 Å². The third kappa shape index (κ3) is 7.15. The largest absolute Gasteiger partial charge is 0.484 e. The van der Waals surface area contributed by atoms with Gasteiger partial charge in [0.2, 0.25) is 0 Å². The van der Waals surface area contributed by atoms with Crippen LogP contribution in [0.4, 0.5) is 0 Å². The highest BCUT2D eigenvalue weighted by Gasteiger charge is 2.15. The second-order valence-electron chi connectivity index (χ2n) is 5.57. The fourth-order valence-electron chi connectivity index (χ4n) is 2.34. The summed E-state index contributed by atoms with van der Waals surface area (Å²) in [6.07, 6.45) is -13.3.